The van der Waals surface area contributed by atoms with E-state index in [2.05, 4.69) is 13.5 Å². The van der Waals surface area contributed by atoms with Gasteiger partial charge < -0.3 is 9.84 Å². The van der Waals surface area contributed by atoms with Crippen molar-refractivity contribution in [2.75, 3.05) is 6.61 Å². The topological polar surface area (TPSA) is 46.5 Å². The third-order valence-electron chi connectivity index (χ3n) is 6.99. The molecular weight excluding hydrogens is 439 g/mol. The number of hydrogen-bond donors (Lipinski definition) is 1. The van der Waals surface area contributed by atoms with Crippen molar-refractivity contribution in [3.63, 3.8) is 0 Å². The number of benzene rings is 3. The number of hydrogen-bond acceptors (Lipinski definition) is 3. The van der Waals surface area contributed by atoms with Gasteiger partial charge in [-0.3, -0.25) is 0 Å². The van der Waals surface area contributed by atoms with Gasteiger partial charge in [0.2, 0.25) is 0 Å². The van der Waals surface area contributed by atoms with E-state index in [4.69, 9.17) is 9.84 Å². The first-order valence-corrected chi connectivity index (χ1v) is 12.4. The van der Waals surface area contributed by atoms with E-state index in [-0.39, 0.29) is 18.0 Å². The number of carbonyl (C=O) groups excluding carboxylic acids is 1. The standard InChI is InChI=1S/C31H33FO3/c1-20(2)31(34)35-30-19-26(13-15-28(30)24-10-6-22(7-11-24)16-17-33)27-14-12-25(18-29(27)32)23-8-4-21(3)5-9-23/h6-7,10-15,18-19,21,23,33H,1,4-5,8-9,16-17H2,2-3H3. The number of halogens is 1. The molecule has 0 amide bonds. The Morgan fingerprint density at radius 3 is 2.26 bits per heavy atom. The second-order valence-corrected chi connectivity index (χ2v) is 9.75. The molecule has 0 aromatic heterocycles. The Morgan fingerprint density at radius 1 is 0.971 bits per heavy atom. The molecule has 0 unspecified atom stereocenters. The fourth-order valence-corrected chi connectivity index (χ4v) is 4.79. The van der Waals surface area contributed by atoms with Crippen molar-refractivity contribution in [3.8, 4) is 28.0 Å². The summed E-state index contributed by atoms with van der Waals surface area (Å²) >= 11 is 0. The fourth-order valence-electron chi connectivity index (χ4n) is 4.79. The van der Waals surface area contributed by atoms with Gasteiger partial charge in [-0.25, -0.2) is 9.18 Å². The maximum absolute atomic E-state index is 15.3. The quantitative estimate of drug-likeness (QED) is 0.220. The third kappa shape index (κ3) is 5.88. The molecule has 35 heavy (non-hydrogen) atoms. The Labute approximate surface area is 207 Å². The molecule has 0 radical (unpaired) electrons. The molecular formula is C31H33FO3. The predicted molar refractivity (Wildman–Crippen MR) is 139 cm³/mol. The van der Waals surface area contributed by atoms with Crippen LogP contribution in [0.15, 0.2) is 72.8 Å². The highest BCUT2D eigenvalue weighted by atomic mass is 19.1. The minimum Gasteiger partial charge on any atom is -0.423 e. The van der Waals surface area contributed by atoms with E-state index in [1.165, 1.54) is 12.8 Å². The minimum atomic E-state index is -0.525. The van der Waals surface area contributed by atoms with Gasteiger partial charge in [-0.2, -0.15) is 0 Å². The Hall–Kier alpha value is -3.24. The van der Waals surface area contributed by atoms with Gasteiger partial charge in [0.15, 0.2) is 0 Å². The van der Waals surface area contributed by atoms with Crippen LogP contribution in [-0.4, -0.2) is 17.7 Å². The molecule has 1 fully saturated rings. The first-order valence-electron chi connectivity index (χ1n) is 12.4. The van der Waals surface area contributed by atoms with Gasteiger partial charge in [0, 0.05) is 23.3 Å². The molecule has 1 saturated carbocycles. The lowest BCUT2D eigenvalue weighted by Crippen LogP contribution is -2.11. The predicted octanol–water partition coefficient (Wildman–Crippen LogP) is 7.47. The van der Waals surface area contributed by atoms with Gasteiger partial charge in [0.1, 0.15) is 11.6 Å². The Morgan fingerprint density at radius 2 is 1.63 bits per heavy atom. The number of esters is 1. The summed E-state index contributed by atoms with van der Waals surface area (Å²) < 4.78 is 21.0. The molecule has 1 aliphatic rings. The van der Waals surface area contributed by atoms with Crippen LogP contribution in [0.25, 0.3) is 22.3 Å². The summed E-state index contributed by atoms with van der Waals surface area (Å²) in [5.41, 5.74) is 5.09. The summed E-state index contributed by atoms with van der Waals surface area (Å²) in [6.07, 6.45) is 5.16. The van der Waals surface area contributed by atoms with E-state index >= 15 is 4.39 Å². The maximum atomic E-state index is 15.3. The minimum absolute atomic E-state index is 0.0831. The van der Waals surface area contributed by atoms with Crippen LogP contribution >= 0.6 is 0 Å². The molecule has 0 heterocycles. The zero-order valence-electron chi connectivity index (χ0n) is 20.5. The molecule has 182 valence electrons. The molecule has 3 aromatic rings. The fraction of sp³-hybridized carbons (Fsp3) is 0.323. The SMILES string of the molecule is C=C(C)C(=O)Oc1cc(-c2ccc(C3CCC(C)CC3)cc2F)ccc1-c1ccc(CCO)cc1. The Balaban J connectivity index is 1.68. The summed E-state index contributed by atoms with van der Waals surface area (Å²) in [7, 11) is 0. The summed E-state index contributed by atoms with van der Waals surface area (Å²) in [6, 6.07) is 18.7. The normalized spacial score (nSPS) is 17.7. The average Bonchev–Trinajstić information content (AvgIpc) is 2.85. The molecule has 1 N–H and O–H groups in total. The second kappa shape index (κ2) is 11.0. The van der Waals surface area contributed by atoms with Crippen molar-refractivity contribution >= 4 is 5.97 Å². The molecule has 1 aliphatic carbocycles. The Kier molecular flexibility index (Phi) is 7.82. The van der Waals surface area contributed by atoms with Crippen molar-refractivity contribution < 1.29 is 19.0 Å². The molecule has 0 bridgehead atoms. The van der Waals surface area contributed by atoms with Crippen LogP contribution in [0.2, 0.25) is 0 Å². The first kappa shape index (κ1) is 24.9. The summed E-state index contributed by atoms with van der Waals surface area (Å²) in [4.78, 5) is 12.4. The highest BCUT2D eigenvalue weighted by Crippen LogP contribution is 2.39. The number of ether oxygens (including phenoxy) is 1. The van der Waals surface area contributed by atoms with Crippen LogP contribution < -0.4 is 4.74 Å². The van der Waals surface area contributed by atoms with Crippen LogP contribution in [0, 0.1) is 11.7 Å². The summed E-state index contributed by atoms with van der Waals surface area (Å²) in [5, 5.41) is 9.17. The number of rotatable bonds is 7. The van der Waals surface area contributed by atoms with Crippen molar-refractivity contribution in [1.29, 1.82) is 0 Å². The average molecular weight is 473 g/mol. The van der Waals surface area contributed by atoms with E-state index in [9.17, 15) is 4.79 Å². The smallest absolute Gasteiger partial charge is 0.338 e. The zero-order chi connectivity index (χ0) is 24.9. The van der Waals surface area contributed by atoms with Gasteiger partial charge in [0.25, 0.3) is 0 Å². The molecule has 4 heteroatoms. The monoisotopic (exact) mass is 472 g/mol. The van der Waals surface area contributed by atoms with Gasteiger partial charge in [-0.15, -0.1) is 0 Å². The van der Waals surface area contributed by atoms with Crippen molar-refractivity contribution in [3.05, 3.63) is 89.8 Å². The van der Waals surface area contributed by atoms with Crippen LogP contribution in [0.4, 0.5) is 4.39 Å². The van der Waals surface area contributed by atoms with Gasteiger partial charge in [0.05, 0.1) is 0 Å². The largest absolute Gasteiger partial charge is 0.423 e. The van der Waals surface area contributed by atoms with E-state index < -0.39 is 5.97 Å². The van der Waals surface area contributed by atoms with Gasteiger partial charge in [-0.1, -0.05) is 74.9 Å². The number of carbonyl (C=O) groups is 1. The van der Waals surface area contributed by atoms with E-state index in [1.807, 2.05) is 48.5 Å². The van der Waals surface area contributed by atoms with Crippen LogP contribution in [0.5, 0.6) is 5.75 Å². The molecule has 3 aromatic carbocycles. The zero-order valence-corrected chi connectivity index (χ0v) is 20.5. The lowest BCUT2D eigenvalue weighted by atomic mass is 9.79. The molecule has 0 atom stereocenters. The van der Waals surface area contributed by atoms with Crippen LogP contribution in [0.3, 0.4) is 0 Å². The molecule has 0 spiro atoms. The third-order valence-corrected chi connectivity index (χ3v) is 6.99. The van der Waals surface area contributed by atoms with E-state index in [0.717, 1.165) is 41.0 Å². The number of aliphatic hydroxyl groups is 1. The second-order valence-electron chi connectivity index (χ2n) is 9.75. The number of aliphatic hydroxyl groups excluding tert-OH is 1. The lowest BCUT2D eigenvalue weighted by molar-refractivity contribution is -0.130. The van der Waals surface area contributed by atoms with Gasteiger partial charge in [-0.05, 0) is 72.4 Å². The van der Waals surface area contributed by atoms with Crippen LogP contribution in [0.1, 0.15) is 56.6 Å². The van der Waals surface area contributed by atoms with Crippen molar-refractivity contribution in [2.45, 2.75) is 51.9 Å². The highest BCUT2D eigenvalue weighted by molar-refractivity contribution is 5.90. The summed E-state index contributed by atoms with van der Waals surface area (Å²) in [6.45, 7) is 7.64. The molecule has 0 aliphatic heterocycles. The molecule has 4 rings (SSSR count). The van der Waals surface area contributed by atoms with E-state index in [0.29, 0.717) is 29.2 Å². The summed E-state index contributed by atoms with van der Waals surface area (Å²) in [5.74, 6) is 0.732. The van der Waals surface area contributed by atoms with Crippen LogP contribution in [-0.2, 0) is 11.2 Å². The Bertz CT molecular complexity index is 1200. The molecule has 3 nitrogen and oxygen atoms in total. The molecule has 0 saturated heterocycles. The lowest BCUT2D eigenvalue weighted by Gasteiger charge is -2.26. The van der Waals surface area contributed by atoms with Crippen molar-refractivity contribution in [2.24, 2.45) is 5.92 Å². The van der Waals surface area contributed by atoms with Crippen molar-refractivity contribution in [1.82, 2.24) is 0 Å². The first-order chi connectivity index (χ1) is 16.9. The highest BCUT2D eigenvalue weighted by Gasteiger charge is 2.21. The maximum Gasteiger partial charge on any atom is 0.338 e. The van der Waals surface area contributed by atoms with Gasteiger partial charge >= 0.3 is 5.97 Å². The van der Waals surface area contributed by atoms with E-state index in [1.54, 1.807) is 19.1 Å².